The topological polar surface area (TPSA) is 69.2 Å². The lowest BCUT2D eigenvalue weighted by Crippen LogP contribution is -2.26. The number of oxime groups is 1. The van der Waals surface area contributed by atoms with Gasteiger partial charge in [-0.15, -0.1) is 0 Å². The molecule has 1 N–H and O–H groups in total. The standard InChI is InChI=1S/C18H19FN2O4/c1-12(18(22)21-15-7-5-14(19)6-8-15)25-20-11-13-4-9-16(23-2)17(10-13)24-3/h4-12H,1-3H3,(H,21,22)/b20-11-/t12-/m1/s1. The molecule has 1 atom stereocenters. The predicted octanol–water partition coefficient (Wildman–Crippen LogP) is 3.22. The molecule has 2 aromatic carbocycles. The minimum absolute atomic E-state index is 0.373. The van der Waals surface area contributed by atoms with Gasteiger partial charge in [0.1, 0.15) is 5.82 Å². The summed E-state index contributed by atoms with van der Waals surface area (Å²) in [6.07, 6.45) is 0.644. The van der Waals surface area contributed by atoms with Crippen LogP contribution >= 0.6 is 0 Å². The molecule has 0 aromatic heterocycles. The van der Waals surface area contributed by atoms with Crippen molar-refractivity contribution in [2.24, 2.45) is 5.16 Å². The molecule has 25 heavy (non-hydrogen) atoms. The van der Waals surface area contributed by atoms with Crippen molar-refractivity contribution in [3.8, 4) is 11.5 Å². The minimum atomic E-state index is -0.818. The van der Waals surface area contributed by atoms with Crippen LogP contribution in [-0.2, 0) is 9.63 Å². The third-order valence-electron chi connectivity index (χ3n) is 3.31. The first-order valence-electron chi connectivity index (χ1n) is 7.51. The fourth-order valence-corrected chi connectivity index (χ4v) is 1.94. The number of amides is 1. The fraction of sp³-hybridized carbons (Fsp3) is 0.222. The Morgan fingerprint density at radius 3 is 2.44 bits per heavy atom. The van der Waals surface area contributed by atoms with E-state index >= 15 is 0 Å². The number of hydrogen-bond donors (Lipinski definition) is 1. The van der Waals surface area contributed by atoms with Crippen molar-refractivity contribution < 1.29 is 23.5 Å². The highest BCUT2D eigenvalue weighted by molar-refractivity contribution is 5.93. The molecule has 0 spiro atoms. The zero-order valence-corrected chi connectivity index (χ0v) is 14.2. The first kappa shape index (κ1) is 18.3. The molecule has 2 aromatic rings. The Balaban J connectivity index is 1.92. The number of hydrogen-bond acceptors (Lipinski definition) is 5. The van der Waals surface area contributed by atoms with Crippen LogP contribution in [0.15, 0.2) is 47.6 Å². The van der Waals surface area contributed by atoms with Gasteiger partial charge in [0, 0.05) is 11.3 Å². The summed E-state index contributed by atoms with van der Waals surface area (Å²) in [6.45, 7) is 1.56. The van der Waals surface area contributed by atoms with Gasteiger partial charge in [-0.05, 0) is 49.4 Å². The normalized spacial score (nSPS) is 11.8. The zero-order chi connectivity index (χ0) is 18.2. The monoisotopic (exact) mass is 346 g/mol. The van der Waals surface area contributed by atoms with Gasteiger partial charge in [0.15, 0.2) is 11.5 Å². The largest absolute Gasteiger partial charge is 0.493 e. The lowest BCUT2D eigenvalue weighted by Gasteiger charge is -2.10. The zero-order valence-electron chi connectivity index (χ0n) is 14.2. The molecule has 0 bridgehead atoms. The van der Waals surface area contributed by atoms with E-state index < -0.39 is 12.0 Å². The van der Waals surface area contributed by atoms with Crippen molar-refractivity contribution in [2.75, 3.05) is 19.5 Å². The number of anilines is 1. The molecular weight excluding hydrogens is 327 g/mol. The third-order valence-corrected chi connectivity index (χ3v) is 3.31. The predicted molar refractivity (Wildman–Crippen MR) is 92.7 cm³/mol. The van der Waals surface area contributed by atoms with E-state index in [1.165, 1.54) is 37.6 Å². The Labute approximate surface area is 145 Å². The van der Waals surface area contributed by atoms with Crippen LogP contribution in [0.3, 0.4) is 0 Å². The number of carbonyl (C=O) groups is 1. The molecule has 132 valence electrons. The number of nitrogens with one attached hydrogen (secondary N) is 1. The van der Waals surface area contributed by atoms with E-state index in [1.54, 1.807) is 32.2 Å². The average molecular weight is 346 g/mol. The number of nitrogens with zero attached hydrogens (tertiary/aromatic N) is 1. The van der Waals surface area contributed by atoms with Gasteiger partial charge in [-0.2, -0.15) is 0 Å². The summed E-state index contributed by atoms with van der Waals surface area (Å²) in [5.74, 6) is 0.402. The molecule has 0 heterocycles. The molecule has 0 saturated heterocycles. The highest BCUT2D eigenvalue weighted by Gasteiger charge is 2.14. The molecule has 7 heteroatoms. The number of methoxy groups -OCH3 is 2. The summed E-state index contributed by atoms with van der Waals surface area (Å²) in [4.78, 5) is 17.1. The van der Waals surface area contributed by atoms with Crippen molar-refractivity contribution in [1.29, 1.82) is 0 Å². The highest BCUT2D eigenvalue weighted by atomic mass is 19.1. The fourth-order valence-electron chi connectivity index (χ4n) is 1.94. The Morgan fingerprint density at radius 2 is 1.80 bits per heavy atom. The van der Waals surface area contributed by atoms with Gasteiger partial charge in [-0.1, -0.05) is 5.16 Å². The van der Waals surface area contributed by atoms with Crippen molar-refractivity contribution >= 4 is 17.8 Å². The summed E-state index contributed by atoms with van der Waals surface area (Å²) in [5, 5.41) is 6.42. The second-order valence-corrected chi connectivity index (χ2v) is 5.09. The van der Waals surface area contributed by atoms with Crippen LogP contribution in [0.25, 0.3) is 0 Å². The Hall–Kier alpha value is -3.09. The molecule has 0 radical (unpaired) electrons. The molecule has 0 aliphatic rings. The van der Waals surface area contributed by atoms with E-state index in [9.17, 15) is 9.18 Å². The van der Waals surface area contributed by atoms with Crippen molar-refractivity contribution in [1.82, 2.24) is 0 Å². The minimum Gasteiger partial charge on any atom is -0.493 e. The second kappa shape index (κ2) is 8.68. The van der Waals surface area contributed by atoms with Gasteiger partial charge in [0.05, 0.1) is 20.4 Å². The van der Waals surface area contributed by atoms with Crippen LogP contribution in [-0.4, -0.2) is 32.4 Å². The lowest BCUT2D eigenvalue weighted by molar-refractivity contribution is -0.126. The van der Waals surface area contributed by atoms with Gasteiger partial charge >= 0.3 is 0 Å². The maximum absolute atomic E-state index is 12.8. The van der Waals surface area contributed by atoms with E-state index in [2.05, 4.69) is 10.5 Å². The molecule has 0 aliphatic heterocycles. The van der Waals surface area contributed by atoms with Crippen LogP contribution in [0.2, 0.25) is 0 Å². The third kappa shape index (κ3) is 5.20. The molecule has 2 rings (SSSR count). The summed E-state index contributed by atoms with van der Waals surface area (Å²) in [5.41, 5.74) is 1.20. The van der Waals surface area contributed by atoms with E-state index in [-0.39, 0.29) is 5.82 Å². The summed E-state index contributed by atoms with van der Waals surface area (Å²) in [6, 6.07) is 10.7. The lowest BCUT2D eigenvalue weighted by atomic mass is 10.2. The Kier molecular flexibility index (Phi) is 6.33. The molecule has 0 fully saturated rings. The van der Waals surface area contributed by atoms with E-state index in [0.717, 1.165) is 5.56 Å². The van der Waals surface area contributed by atoms with Crippen LogP contribution < -0.4 is 14.8 Å². The molecule has 6 nitrogen and oxygen atoms in total. The summed E-state index contributed by atoms with van der Waals surface area (Å²) >= 11 is 0. The van der Waals surface area contributed by atoms with E-state index in [4.69, 9.17) is 14.3 Å². The van der Waals surface area contributed by atoms with E-state index in [1.807, 2.05) is 0 Å². The van der Waals surface area contributed by atoms with Crippen LogP contribution in [0, 0.1) is 5.82 Å². The quantitative estimate of drug-likeness (QED) is 0.617. The number of benzene rings is 2. The van der Waals surface area contributed by atoms with Gasteiger partial charge in [0.25, 0.3) is 5.91 Å². The number of halogens is 1. The number of rotatable bonds is 7. The van der Waals surface area contributed by atoms with Gasteiger partial charge in [-0.25, -0.2) is 4.39 Å². The van der Waals surface area contributed by atoms with Crippen molar-refractivity contribution in [3.63, 3.8) is 0 Å². The molecule has 0 saturated carbocycles. The molecule has 0 unspecified atom stereocenters. The number of ether oxygens (including phenoxy) is 2. The highest BCUT2D eigenvalue weighted by Crippen LogP contribution is 2.26. The molecule has 1 amide bonds. The maximum atomic E-state index is 12.8. The summed E-state index contributed by atoms with van der Waals surface area (Å²) < 4.78 is 23.2. The van der Waals surface area contributed by atoms with Crippen LogP contribution in [0.4, 0.5) is 10.1 Å². The number of carbonyl (C=O) groups excluding carboxylic acids is 1. The Bertz CT molecular complexity index is 747. The molecule has 0 aliphatic carbocycles. The van der Waals surface area contributed by atoms with E-state index in [0.29, 0.717) is 17.2 Å². The Morgan fingerprint density at radius 1 is 1.12 bits per heavy atom. The maximum Gasteiger partial charge on any atom is 0.267 e. The SMILES string of the molecule is COc1ccc(/C=N\O[C@H](C)C(=O)Nc2ccc(F)cc2)cc1OC. The first-order valence-corrected chi connectivity index (χ1v) is 7.51. The van der Waals surface area contributed by atoms with Crippen LogP contribution in [0.5, 0.6) is 11.5 Å². The van der Waals surface area contributed by atoms with Gasteiger partial charge in [-0.3, -0.25) is 4.79 Å². The van der Waals surface area contributed by atoms with Gasteiger partial charge < -0.3 is 19.6 Å². The summed E-state index contributed by atoms with van der Waals surface area (Å²) in [7, 11) is 3.09. The molecular formula is C18H19FN2O4. The average Bonchev–Trinajstić information content (AvgIpc) is 2.63. The van der Waals surface area contributed by atoms with Crippen LogP contribution in [0.1, 0.15) is 12.5 Å². The van der Waals surface area contributed by atoms with Crippen molar-refractivity contribution in [3.05, 3.63) is 53.8 Å². The van der Waals surface area contributed by atoms with Gasteiger partial charge in [0.2, 0.25) is 6.10 Å². The van der Waals surface area contributed by atoms with Crippen molar-refractivity contribution in [2.45, 2.75) is 13.0 Å². The first-order chi connectivity index (χ1) is 12.0. The second-order valence-electron chi connectivity index (χ2n) is 5.09. The smallest absolute Gasteiger partial charge is 0.267 e.